The van der Waals surface area contributed by atoms with Crippen LogP contribution in [0.1, 0.15) is 19.8 Å². The van der Waals surface area contributed by atoms with Crippen LogP contribution in [0.15, 0.2) is 0 Å². The smallest absolute Gasteiger partial charge is 0.210 e. The van der Waals surface area contributed by atoms with Crippen LogP contribution in [0.2, 0.25) is 0 Å². The maximum atomic E-state index is 10.7. The second-order valence-electron chi connectivity index (χ2n) is 3.12. The number of carbonyl (C=O) groups is 2. The van der Waals surface area contributed by atoms with Gasteiger partial charge in [-0.1, -0.05) is 0 Å². The lowest BCUT2D eigenvalue weighted by atomic mass is 10.1. The van der Waals surface area contributed by atoms with E-state index in [0.29, 0.717) is 32.3 Å². The van der Waals surface area contributed by atoms with Gasteiger partial charge in [0.1, 0.15) is 6.29 Å². The molecular formula is C9H18N4O2. The summed E-state index contributed by atoms with van der Waals surface area (Å²) in [5.41, 5.74) is 5.09. The van der Waals surface area contributed by atoms with Gasteiger partial charge in [0.2, 0.25) is 6.41 Å². The summed E-state index contributed by atoms with van der Waals surface area (Å²) in [6.07, 6.45) is 2.72. The molecule has 86 valence electrons. The molecule has 0 aromatic carbocycles. The highest BCUT2D eigenvalue weighted by Gasteiger charge is 2.13. The van der Waals surface area contributed by atoms with Crippen LogP contribution in [0, 0.1) is 5.41 Å². The Balaban J connectivity index is 3.83. The molecule has 0 spiro atoms. The van der Waals surface area contributed by atoms with Crippen molar-refractivity contribution in [3.8, 4) is 0 Å². The van der Waals surface area contributed by atoms with E-state index in [2.05, 4.69) is 5.32 Å². The third-order valence-corrected chi connectivity index (χ3v) is 2.08. The van der Waals surface area contributed by atoms with Crippen LogP contribution < -0.4 is 11.1 Å². The quantitative estimate of drug-likeness (QED) is 0.215. The summed E-state index contributed by atoms with van der Waals surface area (Å²) in [6, 6.07) is -0.374. The van der Waals surface area contributed by atoms with Crippen LogP contribution in [0.3, 0.4) is 0 Å². The van der Waals surface area contributed by atoms with Crippen molar-refractivity contribution in [1.29, 1.82) is 5.41 Å². The zero-order valence-corrected chi connectivity index (χ0v) is 8.90. The lowest BCUT2D eigenvalue weighted by Crippen LogP contribution is -2.36. The summed E-state index contributed by atoms with van der Waals surface area (Å²) < 4.78 is 0. The summed E-state index contributed by atoms with van der Waals surface area (Å²) in [7, 11) is 0. The van der Waals surface area contributed by atoms with Crippen molar-refractivity contribution < 1.29 is 9.59 Å². The predicted octanol–water partition coefficient (Wildman–Crippen LogP) is -0.705. The highest BCUT2D eigenvalue weighted by molar-refractivity contribution is 5.74. The summed E-state index contributed by atoms with van der Waals surface area (Å²) >= 11 is 0. The van der Waals surface area contributed by atoms with E-state index >= 15 is 0 Å². The van der Waals surface area contributed by atoms with E-state index in [4.69, 9.17) is 11.1 Å². The van der Waals surface area contributed by atoms with Crippen LogP contribution in [-0.2, 0) is 9.59 Å². The lowest BCUT2D eigenvalue weighted by Gasteiger charge is -2.22. The molecule has 4 N–H and O–H groups in total. The van der Waals surface area contributed by atoms with Crippen molar-refractivity contribution in [3.05, 3.63) is 0 Å². The van der Waals surface area contributed by atoms with Crippen LogP contribution in [0.25, 0.3) is 0 Å². The van der Waals surface area contributed by atoms with E-state index in [-0.39, 0.29) is 12.0 Å². The number of amides is 1. The normalized spacial score (nSPS) is 11.5. The van der Waals surface area contributed by atoms with E-state index < -0.39 is 0 Å². The van der Waals surface area contributed by atoms with Gasteiger partial charge < -0.3 is 20.7 Å². The molecule has 0 aromatic rings. The molecule has 0 aliphatic carbocycles. The number of nitrogens with two attached hydrogens (primary N) is 1. The highest BCUT2D eigenvalue weighted by Crippen LogP contribution is 2.01. The van der Waals surface area contributed by atoms with Crippen molar-refractivity contribution in [2.24, 2.45) is 5.73 Å². The summed E-state index contributed by atoms with van der Waals surface area (Å²) in [4.78, 5) is 22.7. The minimum atomic E-state index is -0.374. The Morgan fingerprint density at radius 3 is 2.67 bits per heavy atom. The molecule has 1 amide bonds. The van der Waals surface area contributed by atoms with Crippen LogP contribution in [0.5, 0.6) is 0 Å². The van der Waals surface area contributed by atoms with Gasteiger partial charge in [-0.15, -0.1) is 0 Å². The molecule has 0 aliphatic heterocycles. The molecular weight excluding hydrogens is 196 g/mol. The van der Waals surface area contributed by atoms with Crippen LogP contribution in [0.4, 0.5) is 0 Å². The second kappa shape index (κ2) is 7.78. The first-order valence-electron chi connectivity index (χ1n) is 4.89. The van der Waals surface area contributed by atoms with E-state index in [1.54, 1.807) is 0 Å². The molecule has 0 aromatic heterocycles. The SMILES string of the molecule is CCN(C=O)[C@H](C=O)CCCNC(=N)N. The van der Waals surface area contributed by atoms with Gasteiger partial charge in [-0.05, 0) is 19.8 Å². The molecule has 0 radical (unpaired) electrons. The highest BCUT2D eigenvalue weighted by atomic mass is 16.1. The van der Waals surface area contributed by atoms with Gasteiger partial charge in [-0.3, -0.25) is 10.2 Å². The number of guanidine groups is 1. The van der Waals surface area contributed by atoms with Gasteiger partial charge in [0.25, 0.3) is 0 Å². The molecule has 0 bridgehead atoms. The second-order valence-corrected chi connectivity index (χ2v) is 3.12. The van der Waals surface area contributed by atoms with E-state index in [1.807, 2.05) is 6.92 Å². The fourth-order valence-corrected chi connectivity index (χ4v) is 1.23. The fourth-order valence-electron chi connectivity index (χ4n) is 1.23. The Morgan fingerprint density at radius 2 is 2.27 bits per heavy atom. The Hall–Kier alpha value is -1.59. The predicted molar refractivity (Wildman–Crippen MR) is 57.4 cm³/mol. The number of carbonyl (C=O) groups excluding carboxylic acids is 2. The fraction of sp³-hybridized carbons (Fsp3) is 0.667. The molecule has 0 rings (SSSR count). The Kier molecular flexibility index (Phi) is 6.96. The first-order chi connectivity index (χ1) is 7.15. The minimum absolute atomic E-state index is 0.0830. The van der Waals surface area contributed by atoms with Crippen LogP contribution in [-0.4, -0.2) is 42.7 Å². The monoisotopic (exact) mass is 214 g/mol. The Bertz CT molecular complexity index is 220. The third-order valence-electron chi connectivity index (χ3n) is 2.08. The molecule has 0 saturated carbocycles. The summed E-state index contributed by atoms with van der Waals surface area (Å²) in [5.74, 6) is -0.0830. The van der Waals surface area contributed by atoms with Gasteiger partial charge in [0.15, 0.2) is 5.96 Å². The number of rotatable bonds is 8. The molecule has 0 aliphatic rings. The number of hydrogen-bond donors (Lipinski definition) is 3. The number of nitrogens with one attached hydrogen (secondary N) is 2. The average molecular weight is 214 g/mol. The zero-order valence-electron chi connectivity index (χ0n) is 8.90. The molecule has 0 fully saturated rings. The molecule has 6 heteroatoms. The van der Waals surface area contributed by atoms with Crippen molar-refractivity contribution in [2.75, 3.05) is 13.1 Å². The molecule has 0 heterocycles. The topological polar surface area (TPSA) is 99.3 Å². The molecule has 0 unspecified atom stereocenters. The first-order valence-corrected chi connectivity index (χ1v) is 4.89. The molecule has 0 saturated heterocycles. The van der Waals surface area contributed by atoms with Gasteiger partial charge in [0.05, 0.1) is 6.04 Å². The molecule has 15 heavy (non-hydrogen) atoms. The van der Waals surface area contributed by atoms with Gasteiger partial charge in [-0.2, -0.15) is 0 Å². The van der Waals surface area contributed by atoms with Crippen molar-refractivity contribution in [3.63, 3.8) is 0 Å². The molecule has 6 nitrogen and oxygen atoms in total. The maximum absolute atomic E-state index is 10.7. The zero-order chi connectivity index (χ0) is 11.7. The van der Waals surface area contributed by atoms with Crippen LogP contribution >= 0.6 is 0 Å². The Labute approximate surface area is 89.3 Å². The average Bonchev–Trinajstić information content (AvgIpc) is 2.22. The lowest BCUT2D eigenvalue weighted by molar-refractivity contribution is -0.125. The first kappa shape index (κ1) is 13.4. The number of aldehydes is 1. The van der Waals surface area contributed by atoms with Crippen molar-refractivity contribution >= 4 is 18.7 Å². The number of nitrogens with zero attached hydrogens (tertiary/aromatic N) is 1. The third kappa shape index (κ3) is 5.66. The van der Waals surface area contributed by atoms with E-state index in [0.717, 1.165) is 6.29 Å². The summed E-state index contributed by atoms with van der Waals surface area (Å²) in [5, 5.41) is 9.55. The minimum Gasteiger partial charge on any atom is -0.370 e. The maximum Gasteiger partial charge on any atom is 0.210 e. The van der Waals surface area contributed by atoms with E-state index in [9.17, 15) is 9.59 Å². The largest absolute Gasteiger partial charge is 0.370 e. The Morgan fingerprint density at radius 1 is 1.60 bits per heavy atom. The molecule has 1 atom stereocenters. The standard InChI is InChI=1S/C9H18N4O2/c1-2-13(7-15)8(6-14)4-3-5-12-9(10)11/h6-8H,2-5H2,1H3,(H4,10,11,12)/t8-/m0/s1. The van der Waals surface area contributed by atoms with E-state index in [1.165, 1.54) is 4.90 Å². The van der Waals surface area contributed by atoms with Gasteiger partial charge in [-0.25, -0.2) is 0 Å². The van der Waals surface area contributed by atoms with Gasteiger partial charge >= 0.3 is 0 Å². The summed E-state index contributed by atoms with van der Waals surface area (Å²) in [6.45, 7) is 2.88. The number of hydrogen-bond acceptors (Lipinski definition) is 3. The van der Waals surface area contributed by atoms with Crippen molar-refractivity contribution in [2.45, 2.75) is 25.8 Å². The van der Waals surface area contributed by atoms with Gasteiger partial charge in [0, 0.05) is 13.1 Å². The number of likely N-dealkylation sites (N-methyl/N-ethyl adjacent to an activating group) is 1. The van der Waals surface area contributed by atoms with Crippen molar-refractivity contribution in [1.82, 2.24) is 10.2 Å².